The largest absolute Gasteiger partial charge is 0.497 e. The van der Waals surface area contributed by atoms with Crippen LogP contribution in [0.25, 0.3) is 11.0 Å². The molecule has 4 aliphatic rings. The lowest BCUT2D eigenvalue weighted by atomic mass is 9.95. The maximum atomic E-state index is 13.3. The summed E-state index contributed by atoms with van der Waals surface area (Å²) in [5, 5.41) is 14.6. The monoisotopic (exact) mass is 542 g/mol. The molecule has 3 fully saturated rings. The predicted molar refractivity (Wildman–Crippen MR) is 145 cm³/mol. The van der Waals surface area contributed by atoms with Gasteiger partial charge in [-0.2, -0.15) is 0 Å². The number of nitrogens with one attached hydrogen (secondary N) is 3. The third-order valence-electron chi connectivity index (χ3n) is 8.47. The molecule has 3 N–H and O–H groups in total. The number of amidine groups is 1. The zero-order valence-corrected chi connectivity index (χ0v) is 22.2. The van der Waals surface area contributed by atoms with Crippen LogP contribution in [-0.2, 0) is 16.9 Å². The van der Waals surface area contributed by atoms with Gasteiger partial charge in [0.15, 0.2) is 5.54 Å². The van der Waals surface area contributed by atoms with Gasteiger partial charge in [0.1, 0.15) is 22.9 Å². The Morgan fingerprint density at radius 2 is 1.88 bits per heavy atom. The SMILES string of the molecule is COc1ccc2c(c1)C(=O)N(C[C@@]1(c3cc4cc(C(=N)N5CCN(C6CC6)CC5)ccc4o3)NC(=O)NC1=O)C2. The molecule has 1 saturated carbocycles. The number of rotatable bonds is 6. The number of methoxy groups -OCH3 is 1. The lowest BCUT2D eigenvalue weighted by Crippen LogP contribution is -2.52. The minimum Gasteiger partial charge on any atom is -0.497 e. The summed E-state index contributed by atoms with van der Waals surface area (Å²) in [5.41, 5.74) is 1.01. The van der Waals surface area contributed by atoms with Gasteiger partial charge in [0.25, 0.3) is 11.8 Å². The number of nitrogens with zero attached hydrogens (tertiary/aromatic N) is 3. The highest BCUT2D eigenvalue weighted by Crippen LogP contribution is 2.35. The summed E-state index contributed by atoms with van der Waals surface area (Å²) < 4.78 is 11.4. The average Bonchev–Trinajstić information content (AvgIpc) is 3.56. The molecule has 0 radical (unpaired) electrons. The fourth-order valence-electron chi connectivity index (χ4n) is 6.07. The molecule has 4 amide bonds. The van der Waals surface area contributed by atoms with E-state index in [-0.39, 0.29) is 18.2 Å². The second kappa shape index (κ2) is 9.09. The van der Waals surface area contributed by atoms with Crippen molar-refractivity contribution < 1.29 is 23.5 Å². The first-order valence-electron chi connectivity index (χ1n) is 13.6. The van der Waals surface area contributed by atoms with Crippen LogP contribution in [0.3, 0.4) is 0 Å². The molecule has 11 heteroatoms. The molecular weight excluding hydrogens is 512 g/mol. The van der Waals surface area contributed by atoms with Crippen LogP contribution in [0.1, 0.15) is 40.1 Å². The summed E-state index contributed by atoms with van der Waals surface area (Å²) in [6.07, 6.45) is 2.56. The molecular formula is C29H30N6O5. The molecule has 7 rings (SSSR count). The summed E-state index contributed by atoms with van der Waals surface area (Å²) in [4.78, 5) is 45.0. The Kier molecular flexibility index (Phi) is 5.60. The molecule has 3 aromatic rings. The molecule has 1 aromatic heterocycles. The van der Waals surface area contributed by atoms with Gasteiger partial charge in [-0.15, -0.1) is 0 Å². The number of hydrogen-bond acceptors (Lipinski definition) is 7. The number of carbonyl (C=O) groups is 3. The summed E-state index contributed by atoms with van der Waals surface area (Å²) in [6.45, 7) is 3.75. The van der Waals surface area contributed by atoms with Gasteiger partial charge < -0.3 is 24.3 Å². The molecule has 3 aliphatic heterocycles. The number of furan rings is 1. The third-order valence-corrected chi connectivity index (χ3v) is 8.47. The summed E-state index contributed by atoms with van der Waals surface area (Å²) in [6, 6.07) is 12.6. The molecule has 0 unspecified atom stereocenters. The van der Waals surface area contributed by atoms with Crippen molar-refractivity contribution in [2.45, 2.75) is 31.0 Å². The first kappa shape index (κ1) is 24.6. The van der Waals surface area contributed by atoms with E-state index >= 15 is 0 Å². The van der Waals surface area contributed by atoms with E-state index in [0.717, 1.165) is 43.3 Å². The fraction of sp³-hybridized carbons (Fsp3) is 0.379. The zero-order valence-electron chi connectivity index (χ0n) is 22.2. The summed E-state index contributed by atoms with van der Waals surface area (Å²) in [7, 11) is 1.54. The van der Waals surface area contributed by atoms with E-state index in [9.17, 15) is 14.4 Å². The summed E-state index contributed by atoms with van der Waals surface area (Å²) in [5.74, 6) is 0.417. The Morgan fingerprint density at radius 3 is 2.58 bits per heavy atom. The molecule has 206 valence electrons. The number of fused-ring (bicyclic) bond motifs is 2. The maximum absolute atomic E-state index is 13.3. The Hall–Kier alpha value is -4.38. The standard InChI is InChI=1S/C29H30N6O5/c1-39-21-6-2-18-15-35(26(36)22(18)14-21)16-29(27(37)31-28(38)32-29)24-13-19-12-17(3-7-23(19)40-24)25(30)34-10-8-33(9-11-34)20-4-5-20/h2-3,6-7,12-14,20,30H,4-5,8-11,15-16H2,1H3,(H2,31,32,37,38)/t29-/m0/s1. The van der Waals surface area contributed by atoms with Gasteiger partial charge in [-0.1, -0.05) is 6.07 Å². The van der Waals surface area contributed by atoms with E-state index < -0.39 is 17.5 Å². The highest BCUT2D eigenvalue weighted by molar-refractivity contribution is 6.08. The van der Waals surface area contributed by atoms with Gasteiger partial charge in [-0.25, -0.2) is 4.79 Å². The number of amides is 4. The van der Waals surface area contributed by atoms with Crippen LogP contribution in [-0.4, -0.2) is 84.3 Å². The Bertz CT molecular complexity index is 1570. The van der Waals surface area contributed by atoms with Crippen LogP contribution in [0.15, 0.2) is 46.9 Å². The van der Waals surface area contributed by atoms with Crippen LogP contribution in [0.5, 0.6) is 5.75 Å². The fourth-order valence-corrected chi connectivity index (χ4v) is 6.07. The van der Waals surface area contributed by atoms with E-state index in [4.69, 9.17) is 14.6 Å². The minimum atomic E-state index is -1.59. The van der Waals surface area contributed by atoms with Gasteiger partial charge in [0, 0.05) is 55.3 Å². The smallest absolute Gasteiger partial charge is 0.322 e. The first-order chi connectivity index (χ1) is 19.3. The van der Waals surface area contributed by atoms with Gasteiger partial charge in [-0.3, -0.25) is 25.2 Å². The van der Waals surface area contributed by atoms with E-state index in [1.165, 1.54) is 24.9 Å². The van der Waals surface area contributed by atoms with Crippen molar-refractivity contribution in [2.24, 2.45) is 0 Å². The van der Waals surface area contributed by atoms with Crippen LogP contribution < -0.4 is 15.4 Å². The maximum Gasteiger partial charge on any atom is 0.322 e. The Balaban J connectivity index is 1.16. The predicted octanol–water partition coefficient (Wildman–Crippen LogP) is 2.24. The normalized spacial score (nSPS) is 23.0. The van der Waals surface area contributed by atoms with Gasteiger partial charge in [0.2, 0.25) is 0 Å². The molecule has 0 spiro atoms. The molecule has 0 bridgehead atoms. The Morgan fingerprint density at radius 1 is 1.07 bits per heavy atom. The topological polar surface area (TPSA) is 131 Å². The molecule has 40 heavy (non-hydrogen) atoms. The van der Waals surface area contributed by atoms with Crippen LogP contribution >= 0.6 is 0 Å². The highest BCUT2D eigenvalue weighted by Gasteiger charge is 2.53. The summed E-state index contributed by atoms with van der Waals surface area (Å²) >= 11 is 0. The first-order valence-corrected chi connectivity index (χ1v) is 13.6. The third kappa shape index (κ3) is 4.00. The van der Waals surface area contributed by atoms with Crippen molar-refractivity contribution in [1.29, 1.82) is 5.41 Å². The number of hydrogen-bond donors (Lipinski definition) is 3. The molecule has 4 heterocycles. The van der Waals surface area contributed by atoms with E-state index in [1.54, 1.807) is 24.3 Å². The van der Waals surface area contributed by atoms with Crippen LogP contribution in [0.4, 0.5) is 4.79 Å². The second-order valence-electron chi connectivity index (χ2n) is 11.0. The number of urea groups is 1. The van der Waals surface area contributed by atoms with E-state index in [0.29, 0.717) is 34.7 Å². The molecule has 11 nitrogen and oxygen atoms in total. The second-order valence-corrected chi connectivity index (χ2v) is 11.0. The van der Waals surface area contributed by atoms with Crippen molar-refractivity contribution in [1.82, 2.24) is 25.3 Å². The van der Waals surface area contributed by atoms with Crippen LogP contribution in [0, 0.1) is 5.41 Å². The van der Waals surface area contributed by atoms with Crippen molar-refractivity contribution in [3.63, 3.8) is 0 Å². The average molecular weight is 543 g/mol. The Labute approximate surface area is 230 Å². The van der Waals surface area contributed by atoms with Crippen molar-refractivity contribution in [3.8, 4) is 5.75 Å². The lowest BCUT2D eigenvalue weighted by molar-refractivity contribution is -0.125. The molecule has 2 saturated heterocycles. The number of carbonyl (C=O) groups excluding carboxylic acids is 3. The van der Waals surface area contributed by atoms with Crippen molar-refractivity contribution >= 4 is 34.7 Å². The molecule has 1 atom stereocenters. The molecule has 1 aliphatic carbocycles. The number of piperazine rings is 1. The number of benzene rings is 2. The minimum absolute atomic E-state index is 0.103. The van der Waals surface area contributed by atoms with E-state index in [1.807, 2.05) is 18.2 Å². The lowest BCUT2D eigenvalue weighted by Gasteiger charge is -2.36. The highest BCUT2D eigenvalue weighted by atomic mass is 16.5. The number of ether oxygens (including phenoxy) is 1. The van der Waals surface area contributed by atoms with Gasteiger partial charge in [0.05, 0.1) is 13.7 Å². The van der Waals surface area contributed by atoms with Crippen LogP contribution in [0.2, 0.25) is 0 Å². The quantitative estimate of drug-likeness (QED) is 0.247. The van der Waals surface area contributed by atoms with E-state index in [2.05, 4.69) is 20.4 Å². The van der Waals surface area contributed by atoms with Crippen molar-refractivity contribution in [2.75, 3.05) is 39.8 Å². The van der Waals surface area contributed by atoms with Gasteiger partial charge in [-0.05, 0) is 54.8 Å². The van der Waals surface area contributed by atoms with Gasteiger partial charge >= 0.3 is 6.03 Å². The zero-order chi connectivity index (χ0) is 27.6. The molecule has 2 aromatic carbocycles. The van der Waals surface area contributed by atoms with Crippen molar-refractivity contribution in [3.05, 3.63) is 64.9 Å². The number of imide groups is 1.